The van der Waals surface area contributed by atoms with Gasteiger partial charge in [-0.15, -0.1) is 0 Å². The maximum atomic E-state index is 10.8. The zero-order chi connectivity index (χ0) is 12.2. The topological polar surface area (TPSA) is 63.6 Å². The summed E-state index contributed by atoms with van der Waals surface area (Å²) in [5.41, 5.74) is 1.03. The third-order valence-corrected chi connectivity index (χ3v) is 3.71. The molecule has 0 aliphatic rings. The van der Waals surface area contributed by atoms with Crippen LogP contribution in [0, 0.1) is 0 Å². The number of benzene rings is 1. The molecule has 0 bridgehead atoms. The van der Waals surface area contributed by atoms with Crippen LogP contribution in [0.15, 0.2) is 29.2 Å². The summed E-state index contributed by atoms with van der Waals surface area (Å²) < 4.78 is 35.7. The predicted molar refractivity (Wildman–Crippen MR) is 65.2 cm³/mol. The second kappa shape index (κ2) is 5.58. The van der Waals surface area contributed by atoms with Crippen molar-refractivity contribution in [1.29, 1.82) is 0 Å². The molecule has 0 aliphatic heterocycles. The summed E-state index contributed by atoms with van der Waals surface area (Å²) in [5, 5.41) is 0. The van der Waals surface area contributed by atoms with E-state index in [0.717, 1.165) is 12.0 Å². The van der Waals surface area contributed by atoms with Crippen LogP contribution in [0.4, 0.5) is 0 Å². The van der Waals surface area contributed by atoms with Crippen molar-refractivity contribution in [2.75, 3.05) is 6.61 Å². The van der Waals surface area contributed by atoms with Crippen LogP contribution in [0.3, 0.4) is 0 Å². The first-order valence-electron chi connectivity index (χ1n) is 5.05. The summed E-state index contributed by atoms with van der Waals surface area (Å²) in [4.78, 5) is -0.0714. The van der Waals surface area contributed by atoms with Crippen molar-refractivity contribution >= 4 is 20.6 Å². The Bertz CT molecular complexity index is 427. The van der Waals surface area contributed by atoms with E-state index in [1.54, 1.807) is 12.1 Å². The molecule has 0 saturated carbocycles. The third kappa shape index (κ3) is 3.41. The lowest BCUT2D eigenvalue weighted by Gasteiger charge is -2.14. The first-order valence-corrected chi connectivity index (χ1v) is 7.31. The van der Waals surface area contributed by atoms with Gasteiger partial charge < -0.3 is 4.43 Å². The van der Waals surface area contributed by atoms with Crippen molar-refractivity contribution in [2.45, 2.75) is 24.2 Å². The van der Waals surface area contributed by atoms with Gasteiger partial charge in [-0.2, -0.15) is 8.42 Å². The van der Waals surface area contributed by atoms with Crippen LogP contribution in [-0.4, -0.2) is 30.1 Å². The molecule has 0 fully saturated rings. The normalized spacial score (nSPS) is 13.9. The fourth-order valence-corrected chi connectivity index (χ4v) is 2.45. The zero-order valence-corrected chi connectivity index (χ0v) is 12.2. The molecule has 1 rings (SSSR count). The maximum Gasteiger partial charge on any atom is 0.294 e. The van der Waals surface area contributed by atoms with Crippen LogP contribution in [-0.2, 0) is 14.5 Å². The van der Waals surface area contributed by atoms with Crippen LogP contribution in [0.1, 0.15) is 24.8 Å². The summed E-state index contributed by atoms with van der Waals surface area (Å²) in [7, 11) is -3.39. The molecule has 0 aliphatic carbocycles. The average Bonchev–Trinajstić information content (AvgIpc) is 2.25. The highest BCUT2D eigenvalue weighted by Gasteiger charge is 2.12. The van der Waals surface area contributed by atoms with E-state index in [1.807, 2.05) is 0 Å². The fraction of sp³-hybridized carbons (Fsp3) is 0.400. The summed E-state index contributed by atoms with van der Waals surface area (Å²) in [6.07, 6.45) is 0.938. The number of hydrogen-bond donors (Lipinski definition) is 1. The molecule has 1 unspecified atom stereocenters. The van der Waals surface area contributed by atoms with Crippen molar-refractivity contribution in [3.8, 4) is 0 Å². The monoisotopic (exact) mass is 260 g/mol. The first-order chi connectivity index (χ1) is 7.49. The molecule has 0 amide bonds. The van der Waals surface area contributed by atoms with E-state index in [4.69, 9.17) is 8.98 Å². The molecular formula is C10H16O4SSi. The number of rotatable bonds is 5. The Balaban J connectivity index is 2.93. The van der Waals surface area contributed by atoms with Crippen LogP contribution in [0.25, 0.3) is 0 Å². The van der Waals surface area contributed by atoms with Gasteiger partial charge in [0.1, 0.15) is 10.5 Å². The molecular weight excluding hydrogens is 244 g/mol. The van der Waals surface area contributed by atoms with E-state index in [9.17, 15) is 8.42 Å². The number of hydrogen-bond acceptors (Lipinski definition) is 3. The highest BCUT2D eigenvalue weighted by Crippen LogP contribution is 2.21. The Morgan fingerprint density at radius 1 is 1.38 bits per heavy atom. The molecule has 4 nitrogen and oxygen atoms in total. The molecule has 0 spiro atoms. The smallest absolute Gasteiger partial charge is 0.294 e. The van der Waals surface area contributed by atoms with E-state index >= 15 is 0 Å². The minimum absolute atomic E-state index is 0.0714. The molecule has 0 heterocycles. The highest BCUT2D eigenvalue weighted by molar-refractivity contribution is 7.85. The van der Waals surface area contributed by atoms with Crippen molar-refractivity contribution < 1.29 is 17.4 Å². The van der Waals surface area contributed by atoms with Crippen LogP contribution < -0.4 is 0 Å². The van der Waals surface area contributed by atoms with E-state index < -0.39 is 10.1 Å². The lowest BCUT2D eigenvalue weighted by molar-refractivity contribution is 0.310. The van der Waals surface area contributed by atoms with Gasteiger partial charge in [-0.3, -0.25) is 4.55 Å². The van der Waals surface area contributed by atoms with Gasteiger partial charge in [0, 0.05) is 12.5 Å². The Morgan fingerprint density at radius 3 is 2.31 bits per heavy atom. The Labute approximate surface area is 98.9 Å². The second-order valence-electron chi connectivity index (χ2n) is 3.60. The van der Waals surface area contributed by atoms with Gasteiger partial charge in [0.2, 0.25) is 0 Å². The van der Waals surface area contributed by atoms with Crippen molar-refractivity contribution in [2.24, 2.45) is 0 Å². The van der Waals surface area contributed by atoms with Crippen LogP contribution in [0.2, 0.25) is 0 Å². The largest absolute Gasteiger partial charge is 0.427 e. The molecule has 90 valence electrons. The SMILES string of the molecule is CCC(CO[SiH3])c1ccc(S(=O)(=O)O)cc1. The van der Waals surface area contributed by atoms with Crippen LogP contribution >= 0.6 is 0 Å². The summed E-state index contributed by atoms with van der Waals surface area (Å²) in [6, 6.07) is 6.27. The lowest BCUT2D eigenvalue weighted by atomic mass is 9.98. The third-order valence-electron chi connectivity index (χ3n) is 2.51. The van der Waals surface area contributed by atoms with E-state index in [0.29, 0.717) is 17.1 Å². The fourth-order valence-electron chi connectivity index (χ4n) is 1.56. The quantitative estimate of drug-likeness (QED) is 0.626. The summed E-state index contributed by atoms with van der Waals surface area (Å²) in [5.74, 6) is 0.285. The molecule has 0 radical (unpaired) electrons. The molecule has 1 atom stereocenters. The average molecular weight is 260 g/mol. The van der Waals surface area contributed by atoms with Crippen molar-refractivity contribution in [1.82, 2.24) is 0 Å². The molecule has 1 aromatic rings. The van der Waals surface area contributed by atoms with Gasteiger partial charge in [0.25, 0.3) is 10.1 Å². The predicted octanol–water partition coefficient (Wildman–Crippen LogP) is 0.724. The molecule has 1 N–H and O–H groups in total. The standard InChI is InChI=1S/C10H16O4SSi/c1-2-8(7-14-16)9-3-5-10(6-4-9)15(11,12)13/h3-6,8H,2,7H2,1,16H3,(H,11,12,13). The molecule has 16 heavy (non-hydrogen) atoms. The highest BCUT2D eigenvalue weighted by atomic mass is 32.2. The van der Waals surface area contributed by atoms with E-state index in [2.05, 4.69) is 6.92 Å². The lowest BCUT2D eigenvalue weighted by Crippen LogP contribution is -2.06. The zero-order valence-electron chi connectivity index (χ0n) is 9.38. The van der Waals surface area contributed by atoms with Crippen molar-refractivity contribution in [3.05, 3.63) is 29.8 Å². The second-order valence-corrected chi connectivity index (χ2v) is 5.60. The summed E-state index contributed by atoms with van der Waals surface area (Å²) >= 11 is 0. The Kier molecular flexibility index (Phi) is 4.66. The Hall–Kier alpha value is -0.693. The van der Waals surface area contributed by atoms with Gasteiger partial charge in [0.15, 0.2) is 0 Å². The van der Waals surface area contributed by atoms with Gasteiger partial charge in [-0.1, -0.05) is 19.1 Å². The van der Waals surface area contributed by atoms with E-state index in [-0.39, 0.29) is 10.8 Å². The molecule has 1 aromatic carbocycles. The van der Waals surface area contributed by atoms with Crippen molar-refractivity contribution in [3.63, 3.8) is 0 Å². The van der Waals surface area contributed by atoms with Gasteiger partial charge >= 0.3 is 0 Å². The molecule has 0 saturated heterocycles. The van der Waals surface area contributed by atoms with Gasteiger partial charge in [-0.05, 0) is 24.1 Å². The minimum Gasteiger partial charge on any atom is -0.427 e. The first kappa shape index (κ1) is 13.4. The van der Waals surface area contributed by atoms with Crippen LogP contribution in [0.5, 0.6) is 0 Å². The van der Waals surface area contributed by atoms with Gasteiger partial charge in [-0.25, -0.2) is 0 Å². The maximum absolute atomic E-state index is 10.8. The molecule has 0 aromatic heterocycles. The van der Waals surface area contributed by atoms with E-state index in [1.165, 1.54) is 12.1 Å². The summed E-state index contributed by atoms with van der Waals surface area (Å²) in [6.45, 7) is 2.72. The Morgan fingerprint density at radius 2 is 1.94 bits per heavy atom. The molecule has 6 heteroatoms. The van der Waals surface area contributed by atoms with Gasteiger partial charge in [0.05, 0.1) is 4.90 Å². The minimum atomic E-state index is -4.09.